The van der Waals surface area contributed by atoms with Crippen molar-refractivity contribution in [3.05, 3.63) is 11.3 Å². The van der Waals surface area contributed by atoms with Gasteiger partial charge in [0.15, 0.2) is 0 Å². The van der Waals surface area contributed by atoms with E-state index in [-0.39, 0.29) is 5.41 Å². The van der Waals surface area contributed by atoms with Crippen LogP contribution in [0.15, 0.2) is 0 Å². The average molecular weight is 210 g/mol. The molecule has 86 valence electrons. The lowest BCUT2D eigenvalue weighted by Gasteiger charge is -2.18. The van der Waals surface area contributed by atoms with Gasteiger partial charge < -0.3 is 5.11 Å². The van der Waals surface area contributed by atoms with Gasteiger partial charge in [0, 0.05) is 17.5 Å². The van der Waals surface area contributed by atoms with Crippen LogP contribution in [0.25, 0.3) is 0 Å². The first-order valence-corrected chi connectivity index (χ1v) is 5.59. The van der Waals surface area contributed by atoms with Crippen LogP contribution in [-0.4, -0.2) is 14.9 Å². The Balaban J connectivity index is 3.38. The quantitative estimate of drug-likeness (QED) is 0.814. The van der Waals surface area contributed by atoms with Crippen molar-refractivity contribution in [1.29, 1.82) is 0 Å². The third kappa shape index (κ3) is 2.16. The van der Waals surface area contributed by atoms with Crippen molar-refractivity contribution >= 4 is 0 Å². The van der Waals surface area contributed by atoms with Crippen LogP contribution in [0.4, 0.5) is 0 Å². The summed E-state index contributed by atoms with van der Waals surface area (Å²) in [7, 11) is 0. The molecule has 0 fully saturated rings. The van der Waals surface area contributed by atoms with Crippen LogP contribution >= 0.6 is 0 Å². The Bertz CT molecular complexity index is 345. The van der Waals surface area contributed by atoms with E-state index in [2.05, 4.69) is 39.7 Å². The maximum Gasteiger partial charge on any atom is 0.213 e. The highest BCUT2D eigenvalue weighted by atomic mass is 16.3. The molecule has 1 rings (SSSR count). The summed E-state index contributed by atoms with van der Waals surface area (Å²) in [6.07, 6.45) is 0. The summed E-state index contributed by atoms with van der Waals surface area (Å²) in [6.45, 7) is 13.3. The van der Waals surface area contributed by atoms with E-state index in [9.17, 15) is 5.11 Å². The Morgan fingerprint density at radius 2 is 1.87 bits per heavy atom. The van der Waals surface area contributed by atoms with Crippen LogP contribution < -0.4 is 0 Å². The molecule has 1 aromatic heterocycles. The van der Waals surface area contributed by atoms with Crippen molar-refractivity contribution in [3.8, 4) is 5.88 Å². The van der Waals surface area contributed by atoms with E-state index < -0.39 is 0 Å². The molecule has 1 aromatic rings. The minimum atomic E-state index is -0.0164. The Morgan fingerprint density at radius 1 is 1.33 bits per heavy atom. The van der Waals surface area contributed by atoms with Gasteiger partial charge in [-0.3, -0.25) is 0 Å². The van der Waals surface area contributed by atoms with E-state index in [0.717, 1.165) is 11.3 Å². The molecule has 0 aromatic carbocycles. The van der Waals surface area contributed by atoms with Crippen LogP contribution in [0.2, 0.25) is 0 Å². The van der Waals surface area contributed by atoms with Gasteiger partial charge in [0.2, 0.25) is 5.88 Å². The zero-order valence-electron chi connectivity index (χ0n) is 10.6. The fourth-order valence-electron chi connectivity index (χ4n) is 1.77. The van der Waals surface area contributed by atoms with Crippen molar-refractivity contribution in [2.24, 2.45) is 0 Å². The van der Waals surface area contributed by atoms with Crippen molar-refractivity contribution < 1.29 is 5.11 Å². The zero-order valence-corrected chi connectivity index (χ0v) is 10.6. The summed E-state index contributed by atoms with van der Waals surface area (Å²) in [4.78, 5) is 0. The maximum atomic E-state index is 10.0. The number of hydrogen-bond acceptors (Lipinski definition) is 2. The van der Waals surface area contributed by atoms with Crippen LogP contribution in [0.5, 0.6) is 5.88 Å². The first-order valence-electron chi connectivity index (χ1n) is 5.59. The highest BCUT2D eigenvalue weighted by Gasteiger charge is 2.27. The molecule has 1 heterocycles. The molecule has 1 N–H and O–H groups in total. The highest BCUT2D eigenvalue weighted by Crippen LogP contribution is 2.35. The molecule has 0 unspecified atom stereocenters. The molecule has 0 amide bonds. The zero-order chi connectivity index (χ0) is 11.8. The highest BCUT2D eigenvalue weighted by molar-refractivity contribution is 5.37. The van der Waals surface area contributed by atoms with Crippen molar-refractivity contribution in [3.63, 3.8) is 0 Å². The lowest BCUT2D eigenvalue weighted by molar-refractivity contribution is 0.398. The van der Waals surface area contributed by atoms with Crippen molar-refractivity contribution in [2.45, 2.75) is 59.4 Å². The smallest absolute Gasteiger partial charge is 0.213 e. The first-order chi connectivity index (χ1) is 6.79. The van der Waals surface area contributed by atoms with E-state index in [1.165, 1.54) is 0 Å². The van der Waals surface area contributed by atoms with Crippen LogP contribution in [0, 0.1) is 0 Å². The van der Waals surface area contributed by atoms with E-state index in [0.29, 0.717) is 18.3 Å². The van der Waals surface area contributed by atoms with Gasteiger partial charge in [0.1, 0.15) is 0 Å². The molecule has 0 atom stereocenters. The van der Waals surface area contributed by atoms with Gasteiger partial charge in [-0.15, -0.1) is 0 Å². The Labute approximate surface area is 92.1 Å². The molecular formula is C12H22N2O. The SMILES string of the molecule is CCn1nc(C(C)(C)C)c(C(C)C)c1O. The van der Waals surface area contributed by atoms with Crippen LogP contribution in [-0.2, 0) is 12.0 Å². The standard InChI is InChI=1S/C12H22N2O/c1-7-14-11(15)9(8(2)3)10(13-14)12(4,5)6/h8,15H,7H2,1-6H3. The minimum Gasteiger partial charge on any atom is -0.493 e. The molecule has 0 bridgehead atoms. The lowest BCUT2D eigenvalue weighted by Crippen LogP contribution is -2.15. The van der Waals surface area contributed by atoms with Crippen LogP contribution in [0.3, 0.4) is 0 Å². The minimum absolute atomic E-state index is 0.0164. The molecule has 0 saturated heterocycles. The van der Waals surface area contributed by atoms with Crippen molar-refractivity contribution in [2.75, 3.05) is 0 Å². The summed E-state index contributed by atoms with van der Waals surface area (Å²) in [5.74, 6) is 0.636. The number of aromatic nitrogens is 2. The molecular weight excluding hydrogens is 188 g/mol. The van der Waals surface area contributed by atoms with E-state index >= 15 is 0 Å². The number of hydrogen-bond donors (Lipinski definition) is 1. The largest absolute Gasteiger partial charge is 0.493 e. The Hall–Kier alpha value is -0.990. The summed E-state index contributed by atoms with van der Waals surface area (Å²) < 4.78 is 1.68. The van der Waals surface area contributed by atoms with E-state index in [1.54, 1.807) is 4.68 Å². The van der Waals surface area contributed by atoms with Gasteiger partial charge in [-0.25, -0.2) is 4.68 Å². The van der Waals surface area contributed by atoms with Gasteiger partial charge >= 0.3 is 0 Å². The molecule has 0 aliphatic rings. The van der Waals surface area contributed by atoms with E-state index in [4.69, 9.17) is 0 Å². The van der Waals surface area contributed by atoms with E-state index in [1.807, 2.05) is 6.92 Å². The second kappa shape index (κ2) is 3.87. The summed E-state index contributed by atoms with van der Waals surface area (Å²) in [6, 6.07) is 0. The van der Waals surface area contributed by atoms with Gasteiger partial charge in [-0.1, -0.05) is 34.6 Å². The third-order valence-corrected chi connectivity index (χ3v) is 2.55. The normalized spacial score (nSPS) is 12.5. The Morgan fingerprint density at radius 3 is 2.13 bits per heavy atom. The lowest BCUT2D eigenvalue weighted by atomic mass is 9.86. The second-order valence-electron chi connectivity index (χ2n) is 5.31. The fraction of sp³-hybridized carbons (Fsp3) is 0.750. The average Bonchev–Trinajstić information content (AvgIpc) is 2.41. The number of aryl methyl sites for hydroxylation is 1. The first kappa shape index (κ1) is 12.1. The molecule has 3 nitrogen and oxygen atoms in total. The molecule has 0 spiro atoms. The summed E-state index contributed by atoms with van der Waals surface area (Å²) in [5, 5.41) is 14.5. The number of aromatic hydroxyl groups is 1. The fourth-order valence-corrected chi connectivity index (χ4v) is 1.77. The topological polar surface area (TPSA) is 38.0 Å². The predicted octanol–water partition coefficient (Wildman–Crippen LogP) is 3.03. The summed E-state index contributed by atoms with van der Waals surface area (Å²) >= 11 is 0. The molecule has 0 saturated carbocycles. The maximum absolute atomic E-state index is 10.0. The van der Waals surface area contributed by atoms with Gasteiger partial charge in [-0.2, -0.15) is 5.10 Å². The predicted molar refractivity (Wildman–Crippen MR) is 62.4 cm³/mol. The van der Waals surface area contributed by atoms with Gasteiger partial charge in [-0.05, 0) is 12.8 Å². The third-order valence-electron chi connectivity index (χ3n) is 2.55. The molecule has 15 heavy (non-hydrogen) atoms. The molecule has 0 aliphatic heterocycles. The van der Waals surface area contributed by atoms with Gasteiger partial charge in [0.05, 0.1) is 5.69 Å². The second-order valence-corrected chi connectivity index (χ2v) is 5.31. The van der Waals surface area contributed by atoms with Crippen LogP contribution in [0.1, 0.15) is 58.7 Å². The van der Waals surface area contributed by atoms with Crippen molar-refractivity contribution in [1.82, 2.24) is 9.78 Å². The number of nitrogens with zero attached hydrogens (tertiary/aromatic N) is 2. The molecule has 0 radical (unpaired) electrons. The summed E-state index contributed by atoms with van der Waals surface area (Å²) in [5.41, 5.74) is 1.98. The molecule has 0 aliphatic carbocycles. The molecule has 3 heteroatoms. The number of rotatable bonds is 2. The van der Waals surface area contributed by atoms with Gasteiger partial charge in [0.25, 0.3) is 0 Å². The monoisotopic (exact) mass is 210 g/mol. The Kier molecular flexibility index (Phi) is 3.12.